The molecular weight excluding hydrogens is 394 g/mol. The van der Waals surface area contributed by atoms with E-state index < -0.39 is 12.7 Å². The lowest BCUT2D eigenvalue weighted by molar-refractivity contribution is -0.0499. The lowest BCUT2D eigenvalue weighted by Crippen LogP contribution is -2.26. The average molecular weight is 416 g/mol. The van der Waals surface area contributed by atoms with Crippen molar-refractivity contribution in [1.29, 1.82) is 0 Å². The van der Waals surface area contributed by atoms with Crippen LogP contribution in [-0.2, 0) is 6.61 Å². The zero-order valence-corrected chi connectivity index (χ0v) is 16.8. The molecule has 1 unspecified atom stereocenters. The van der Waals surface area contributed by atoms with Gasteiger partial charge < -0.3 is 19.3 Å². The third kappa shape index (κ3) is 5.34. The first kappa shape index (κ1) is 21.3. The molecule has 0 saturated heterocycles. The Morgan fingerprint density at radius 1 is 1.13 bits per heavy atom. The second-order valence-electron chi connectivity index (χ2n) is 6.77. The smallest absolute Gasteiger partial charge is 0.387 e. The molecule has 3 aromatic rings. The summed E-state index contributed by atoms with van der Waals surface area (Å²) in [5.74, 6) is 0.944. The van der Waals surface area contributed by atoms with Crippen molar-refractivity contribution in [3.8, 4) is 11.5 Å². The highest BCUT2D eigenvalue weighted by molar-refractivity contribution is 5.94. The molecule has 1 amide bonds. The molecule has 158 valence electrons. The third-order valence-electron chi connectivity index (χ3n) is 4.59. The molecular formula is C22H22F2N2O4. The van der Waals surface area contributed by atoms with Gasteiger partial charge in [-0.25, -0.2) is 0 Å². The summed E-state index contributed by atoms with van der Waals surface area (Å²) in [5, 5.41) is 6.73. The van der Waals surface area contributed by atoms with Gasteiger partial charge in [0.05, 0.1) is 17.3 Å². The van der Waals surface area contributed by atoms with E-state index in [9.17, 15) is 13.6 Å². The van der Waals surface area contributed by atoms with Crippen molar-refractivity contribution < 1.29 is 27.6 Å². The first-order chi connectivity index (χ1) is 14.3. The monoisotopic (exact) mass is 416 g/mol. The van der Waals surface area contributed by atoms with Gasteiger partial charge in [-0.15, -0.1) is 0 Å². The average Bonchev–Trinajstić information content (AvgIpc) is 3.03. The number of hydrogen-bond acceptors (Lipinski definition) is 5. The number of nitrogens with zero attached hydrogens (tertiary/aromatic N) is 1. The maximum atomic E-state index is 12.6. The number of carbonyl (C=O) groups excluding carboxylic acids is 1. The minimum atomic E-state index is -2.90. The Balaban J connectivity index is 1.65. The van der Waals surface area contributed by atoms with Crippen LogP contribution in [0.3, 0.4) is 0 Å². The van der Waals surface area contributed by atoms with E-state index in [1.54, 1.807) is 43.3 Å². The predicted octanol–water partition coefficient (Wildman–Crippen LogP) is 4.96. The molecule has 3 rings (SSSR count). The number of aromatic nitrogens is 1. The summed E-state index contributed by atoms with van der Waals surface area (Å²) in [6.07, 6.45) is 0. The van der Waals surface area contributed by atoms with E-state index in [1.807, 2.05) is 13.8 Å². The number of rotatable bonds is 8. The molecule has 1 heterocycles. The maximum Gasteiger partial charge on any atom is 0.387 e. The summed E-state index contributed by atoms with van der Waals surface area (Å²) < 4.78 is 40.1. The summed E-state index contributed by atoms with van der Waals surface area (Å²) in [5.41, 5.74) is 2.68. The van der Waals surface area contributed by atoms with Gasteiger partial charge in [-0.1, -0.05) is 23.4 Å². The second kappa shape index (κ2) is 9.39. The number of alkyl halides is 2. The topological polar surface area (TPSA) is 73.6 Å². The van der Waals surface area contributed by atoms with Crippen LogP contribution in [0.2, 0.25) is 0 Å². The zero-order chi connectivity index (χ0) is 21.7. The highest BCUT2D eigenvalue weighted by atomic mass is 19.3. The molecule has 0 radical (unpaired) electrons. The van der Waals surface area contributed by atoms with Crippen LogP contribution in [-0.4, -0.2) is 17.7 Å². The van der Waals surface area contributed by atoms with Crippen molar-refractivity contribution in [2.75, 3.05) is 0 Å². The van der Waals surface area contributed by atoms with Crippen LogP contribution in [0.5, 0.6) is 11.5 Å². The Kier molecular flexibility index (Phi) is 6.66. The van der Waals surface area contributed by atoms with Crippen molar-refractivity contribution in [2.45, 2.75) is 40.0 Å². The summed E-state index contributed by atoms with van der Waals surface area (Å²) in [6.45, 7) is 2.78. The summed E-state index contributed by atoms with van der Waals surface area (Å²) in [4.78, 5) is 12.6. The second-order valence-corrected chi connectivity index (χ2v) is 6.77. The Bertz CT molecular complexity index is 1000. The van der Waals surface area contributed by atoms with E-state index >= 15 is 0 Å². The molecule has 0 saturated carbocycles. The van der Waals surface area contributed by atoms with Crippen LogP contribution in [0.1, 0.15) is 45.9 Å². The van der Waals surface area contributed by atoms with Crippen molar-refractivity contribution in [1.82, 2.24) is 10.5 Å². The quantitative estimate of drug-likeness (QED) is 0.562. The van der Waals surface area contributed by atoms with Crippen LogP contribution in [0, 0.1) is 13.8 Å². The summed E-state index contributed by atoms with van der Waals surface area (Å²) in [7, 11) is 0. The highest BCUT2D eigenvalue weighted by Gasteiger charge is 2.15. The summed E-state index contributed by atoms with van der Waals surface area (Å²) >= 11 is 0. The van der Waals surface area contributed by atoms with Crippen LogP contribution in [0.25, 0.3) is 0 Å². The Morgan fingerprint density at radius 3 is 2.57 bits per heavy atom. The number of aryl methyl sites for hydroxylation is 2. The summed E-state index contributed by atoms with van der Waals surface area (Å²) in [6, 6.07) is 12.6. The largest absolute Gasteiger partial charge is 0.489 e. The van der Waals surface area contributed by atoms with Gasteiger partial charge in [0.15, 0.2) is 0 Å². The molecule has 2 aromatic carbocycles. The molecule has 6 nitrogen and oxygen atoms in total. The minimum Gasteiger partial charge on any atom is -0.489 e. The fraction of sp³-hybridized carbons (Fsp3) is 0.273. The highest BCUT2D eigenvalue weighted by Crippen LogP contribution is 2.22. The molecule has 0 bridgehead atoms. The van der Waals surface area contributed by atoms with Crippen molar-refractivity contribution in [3.05, 3.63) is 76.7 Å². The molecule has 0 aliphatic heterocycles. The lowest BCUT2D eigenvalue weighted by atomic mass is 10.1. The number of nitrogens with one attached hydrogen (secondary N) is 1. The van der Waals surface area contributed by atoms with Gasteiger partial charge in [0.2, 0.25) is 0 Å². The molecule has 1 aromatic heterocycles. The molecule has 0 fully saturated rings. The van der Waals surface area contributed by atoms with E-state index in [1.165, 1.54) is 12.1 Å². The molecule has 8 heteroatoms. The SMILES string of the molecule is Cc1noc(C)c1COc1cccc(C(=O)NC(C)c2cccc(OC(F)F)c2)c1. The predicted molar refractivity (Wildman–Crippen MR) is 106 cm³/mol. The van der Waals surface area contributed by atoms with Gasteiger partial charge in [0.1, 0.15) is 23.9 Å². The van der Waals surface area contributed by atoms with E-state index in [0.29, 0.717) is 22.6 Å². The van der Waals surface area contributed by atoms with Gasteiger partial charge >= 0.3 is 6.61 Å². The standard InChI is InChI=1S/C22H22F2N2O4/c1-13(16-6-4-9-19(10-16)29-22(23)24)25-21(27)17-7-5-8-18(11-17)28-12-20-14(2)26-30-15(20)3/h4-11,13,22H,12H2,1-3H3,(H,25,27). The fourth-order valence-corrected chi connectivity index (χ4v) is 2.91. The van der Waals surface area contributed by atoms with E-state index in [2.05, 4.69) is 15.2 Å². The van der Waals surface area contributed by atoms with E-state index in [0.717, 1.165) is 11.3 Å². The van der Waals surface area contributed by atoms with Crippen LogP contribution >= 0.6 is 0 Å². The Labute approximate surface area is 172 Å². The number of halogens is 2. The number of ether oxygens (including phenoxy) is 2. The normalized spacial score (nSPS) is 11.9. The first-order valence-corrected chi connectivity index (χ1v) is 9.33. The molecule has 30 heavy (non-hydrogen) atoms. The van der Waals surface area contributed by atoms with Gasteiger partial charge in [-0.05, 0) is 56.7 Å². The van der Waals surface area contributed by atoms with E-state index in [-0.39, 0.29) is 18.3 Å². The first-order valence-electron chi connectivity index (χ1n) is 9.33. The van der Waals surface area contributed by atoms with Gasteiger partial charge in [0, 0.05) is 5.56 Å². The van der Waals surface area contributed by atoms with Crippen LogP contribution in [0.4, 0.5) is 8.78 Å². The minimum absolute atomic E-state index is 0.0401. The van der Waals surface area contributed by atoms with E-state index in [4.69, 9.17) is 9.26 Å². The molecule has 0 spiro atoms. The zero-order valence-electron chi connectivity index (χ0n) is 16.8. The van der Waals surface area contributed by atoms with Crippen molar-refractivity contribution >= 4 is 5.91 Å². The Hall–Kier alpha value is -3.42. The van der Waals surface area contributed by atoms with Crippen LogP contribution in [0.15, 0.2) is 53.1 Å². The number of benzene rings is 2. The molecule has 1 atom stereocenters. The molecule has 0 aliphatic carbocycles. The van der Waals surface area contributed by atoms with Crippen molar-refractivity contribution in [2.24, 2.45) is 0 Å². The van der Waals surface area contributed by atoms with Crippen molar-refractivity contribution in [3.63, 3.8) is 0 Å². The number of hydrogen-bond donors (Lipinski definition) is 1. The maximum absolute atomic E-state index is 12.6. The van der Waals surface area contributed by atoms with Gasteiger partial charge in [-0.3, -0.25) is 4.79 Å². The lowest BCUT2D eigenvalue weighted by Gasteiger charge is -2.16. The molecule has 0 aliphatic rings. The Morgan fingerprint density at radius 2 is 1.87 bits per heavy atom. The third-order valence-corrected chi connectivity index (χ3v) is 4.59. The fourth-order valence-electron chi connectivity index (χ4n) is 2.91. The van der Waals surface area contributed by atoms with Gasteiger partial charge in [-0.2, -0.15) is 8.78 Å². The van der Waals surface area contributed by atoms with Gasteiger partial charge in [0.25, 0.3) is 5.91 Å². The number of amides is 1. The number of carbonyl (C=O) groups is 1. The molecule has 1 N–H and O–H groups in total. The van der Waals surface area contributed by atoms with Crippen LogP contribution < -0.4 is 14.8 Å².